The highest BCUT2D eigenvalue weighted by Gasteiger charge is 2.33. The Morgan fingerprint density at radius 1 is 0.931 bits per heavy atom. The molecule has 6 heteroatoms. The second kappa shape index (κ2) is 8.13. The SMILES string of the molecule is Cc1nn(-c2ccccc2)c(C)c1S(=O)(=O)N1CCC(Cc2ccccc2)CC1. The summed E-state index contributed by atoms with van der Waals surface area (Å²) < 4.78 is 30.2. The van der Waals surface area contributed by atoms with Gasteiger partial charge in [-0.2, -0.15) is 9.40 Å². The first-order chi connectivity index (χ1) is 14.0. The van der Waals surface area contributed by atoms with E-state index < -0.39 is 10.0 Å². The maximum absolute atomic E-state index is 13.4. The minimum Gasteiger partial charge on any atom is -0.236 e. The normalized spacial score (nSPS) is 16.2. The Hall–Kier alpha value is -2.44. The fourth-order valence-electron chi connectivity index (χ4n) is 4.25. The Balaban J connectivity index is 1.52. The van der Waals surface area contributed by atoms with Gasteiger partial charge in [-0.25, -0.2) is 13.1 Å². The van der Waals surface area contributed by atoms with Crippen LogP contribution in [-0.4, -0.2) is 35.6 Å². The number of aromatic nitrogens is 2. The topological polar surface area (TPSA) is 55.2 Å². The van der Waals surface area contributed by atoms with E-state index in [1.165, 1.54) is 5.56 Å². The van der Waals surface area contributed by atoms with Gasteiger partial charge in [-0.15, -0.1) is 0 Å². The van der Waals surface area contributed by atoms with E-state index in [0.717, 1.165) is 24.9 Å². The first kappa shape index (κ1) is 19.9. The van der Waals surface area contributed by atoms with Crippen molar-refractivity contribution < 1.29 is 8.42 Å². The highest BCUT2D eigenvalue weighted by Crippen LogP contribution is 2.30. The molecule has 0 spiro atoms. The number of sulfonamides is 1. The lowest BCUT2D eigenvalue weighted by molar-refractivity contribution is 0.272. The minimum absolute atomic E-state index is 0.350. The Morgan fingerprint density at radius 3 is 2.14 bits per heavy atom. The lowest BCUT2D eigenvalue weighted by atomic mass is 9.91. The summed E-state index contributed by atoms with van der Waals surface area (Å²) in [5.74, 6) is 0.526. The fourth-order valence-corrected chi connectivity index (χ4v) is 6.08. The van der Waals surface area contributed by atoms with Crippen molar-refractivity contribution in [3.63, 3.8) is 0 Å². The van der Waals surface area contributed by atoms with Crippen molar-refractivity contribution >= 4 is 10.0 Å². The number of aryl methyl sites for hydroxylation is 1. The Kier molecular flexibility index (Phi) is 5.56. The van der Waals surface area contributed by atoms with Gasteiger partial charge in [0.1, 0.15) is 4.90 Å². The van der Waals surface area contributed by atoms with Crippen LogP contribution in [-0.2, 0) is 16.4 Å². The first-order valence-corrected chi connectivity index (χ1v) is 11.6. The van der Waals surface area contributed by atoms with E-state index in [0.29, 0.717) is 35.3 Å². The molecular weight excluding hydrogens is 382 g/mol. The summed E-state index contributed by atoms with van der Waals surface area (Å²) in [6, 6.07) is 20.1. The number of hydrogen-bond acceptors (Lipinski definition) is 3. The van der Waals surface area contributed by atoms with E-state index in [1.807, 2.05) is 43.3 Å². The molecule has 2 aromatic carbocycles. The molecule has 0 radical (unpaired) electrons. The van der Waals surface area contributed by atoms with Crippen LogP contribution < -0.4 is 0 Å². The predicted molar refractivity (Wildman–Crippen MR) is 115 cm³/mol. The molecule has 0 N–H and O–H groups in total. The standard InChI is InChI=1S/C23H27N3O2S/c1-18-23(19(2)26(24-18)22-11-7-4-8-12-22)29(27,28)25-15-13-21(14-16-25)17-20-9-5-3-6-10-20/h3-12,21H,13-17H2,1-2H3. The molecule has 1 aliphatic heterocycles. The van der Waals surface area contributed by atoms with E-state index in [4.69, 9.17) is 0 Å². The number of rotatable bonds is 5. The van der Waals surface area contributed by atoms with Gasteiger partial charge in [-0.05, 0) is 56.7 Å². The molecule has 0 saturated carbocycles. The predicted octanol–water partition coefficient (Wildman–Crippen LogP) is 4.13. The molecule has 0 atom stereocenters. The summed E-state index contributed by atoms with van der Waals surface area (Å²) in [4.78, 5) is 0.350. The number of para-hydroxylation sites is 1. The van der Waals surface area contributed by atoms with Crippen LogP contribution in [0.2, 0.25) is 0 Å². The third kappa shape index (κ3) is 4.00. The van der Waals surface area contributed by atoms with E-state index in [2.05, 4.69) is 29.4 Å². The Bertz CT molecular complexity index is 1070. The van der Waals surface area contributed by atoms with Gasteiger partial charge in [0.15, 0.2) is 0 Å². The van der Waals surface area contributed by atoms with E-state index in [-0.39, 0.29) is 0 Å². The van der Waals surface area contributed by atoms with Crippen LogP contribution in [0.15, 0.2) is 65.6 Å². The molecule has 4 rings (SSSR count). The van der Waals surface area contributed by atoms with Crippen molar-refractivity contribution in [2.24, 2.45) is 5.92 Å². The summed E-state index contributed by atoms with van der Waals surface area (Å²) in [6.45, 7) is 4.74. The molecule has 1 aliphatic rings. The zero-order valence-corrected chi connectivity index (χ0v) is 17.8. The summed E-state index contributed by atoms with van der Waals surface area (Å²) in [5, 5.41) is 4.52. The summed E-state index contributed by atoms with van der Waals surface area (Å²) in [5.41, 5.74) is 3.42. The zero-order valence-electron chi connectivity index (χ0n) is 17.0. The van der Waals surface area contributed by atoms with Crippen LogP contribution in [0.25, 0.3) is 5.69 Å². The van der Waals surface area contributed by atoms with Crippen molar-refractivity contribution in [3.8, 4) is 5.69 Å². The van der Waals surface area contributed by atoms with E-state index in [9.17, 15) is 8.42 Å². The smallest absolute Gasteiger partial charge is 0.236 e. The molecule has 29 heavy (non-hydrogen) atoms. The monoisotopic (exact) mass is 409 g/mol. The van der Waals surface area contributed by atoms with Gasteiger partial charge in [0.2, 0.25) is 10.0 Å². The van der Waals surface area contributed by atoms with Gasteiger partial charge in [-0.3, -0.25) is 0 Å². The molecule has 152 valence electrons. The van der Waals surface area contributed by atoms with Crippen molar-refractivity contribution in [2.45, 2.75) is 38.0 Å². The van der Waals surface area contributed by atoms with Crippen molar-refractivity contribution in [3.05, 3.63) is 77.6 Å². The van der Waals surface area contributed by atoms with Gasteiger partial charge in [0.25, 0.3) is 0 Å². The maximum Gasteiger partial charge on any atom is 0.246 e. The Morgan fingerprint density at radius 2 is 1.52 bits per heavy atom. The second-order valence-corrected chi connectivity index (χ2v) is 9.66. The summed E-state index contributed by atoms with van der Waals surface area (Å²) >= 11 is 0. The largest absolute Gasteiger partial charge is 0.246 e. The molecule has 0 amide bonds. The van der Waals surface area contributed by atoms with Gasteiger partial charge >= 0.3 is 0 Å². The van der Waals surface area contributed by atoms with Crippen LogP contribution in [0.3, 0.4) is 0 Å². The van der Waals surface area contributed by atoms with Gasteiger partial charge in [-0.1, -0.05) is 48.5 Å². The highest BCUT2D eigenvalue weighted by molar-refractivity contribution is 7.89. The quantitative estimate of drug-likeness (QED) is 0.637. The van der Waals surface area contributed by atoms with E-state index >= 15 is 0 Å². The van der Waals surface area contributed by atoms with Crippen LogP contribution in [0, 0.1) is 19.8 Å². The first-order valence-electron chi connectivity index (χ1n) is 10.1. The lowest BCUT2D eigenvalue weighted by Crippen LogP contribution is -2.39. The average molecular weight is 410 g/mol. The van der Waals surface area contributed by atoms with Crippen LogP contribution in [0.1, 0.15) is 29.8 Å². The van der Waals surface area contributed by atoms with Gasteiger partial charge in [0, 0.05) is 13.1 Å². The molecule has 0 aliphatic carbocycles. The highest BCUT2D eigenvalue weighted by atomic mass is 32.2. The summed E-state index contributed by atoms with van der Waals surface area (Å²) in [6.07, 6.45) is 2.79. The van der Waals surface area contributed by atoms with Gasteiger partial charge < -0.3 is 0 Å². The molecular formula is C23H27N3O2S. The Labute approximate surface area is 173 Å². The molecule has 1 fully saturated rings. The van der Waals surface area contributed by atoms with Crippen LogP contribution in [0.4, 0.5) is 0 Å². The lowest BCUT2D eigenvalue weighted by Gasteiger charge is -2.31. The molecule has 3 aromatic rings. The minimum atomic E-state index is -3.56. The molecule has 1 saturated heterocycles. The number of piperidine rings is 1. The second-order valence-electron chi connectivity index (χ2n) is 7.78. The molecule has 1 aromatic heterocycles. The van der Waals surface area contributed by atoms with E-state index in [1.54, 1.807) is 15.9 Å². The average Bonchev–Trinajstić information content (AvgIpc) is 3.04. The number of benzene rings is 2. The van der Waals surface area contributed by atoms with Crippen LogP contribution >= 0.6 is 0 Å². The molecule has 5 nitrogen and oxygen atoms in total. The van der Waals surface area contributed by atoms with Crippen molar-refractivity contribution in [1.82, 2.24) is 14.1 Å². The zero-order chi connectivity index (χ0) is 20.4. The van der Waals surface area contributed by atoms with Crippen LogP contribution in [0.5, 0.6) is 0 Å². The fraction of sp³-hybridized carbons (Fsp3) is 0.348. The molecule has 0 unspecified atom stereocenters. The summed E-state index contributed by atoms with van der Waals surface area (Å²) in [7, 11) is -3.56. The number of nitrogens with zero attached hydrogens (tertiary/aromatic N) is 3. The van der Waals surface area contributed by atoms with Gasteiger partial charge in [0.05, 0.1) is 17.1 Å². The number of hydrogen-bond donors (Lipinski definition) is 0. The van der Waals surface area contributed by atoms with Crippen molar-refractivity contribution in [1.29, 1.82) is 0 Å². The third-order valence-corrected chi connectivity index (χ3v) is 7.92. The van der Waals surface area contributed by atoms with Crippen molar-refractivity contribution in [2.75, 3.05) is 13.1 Å². The molecule has 2 heterocycles. The molecule has 0 bridgehead atoms. The third-order valence-electron chi connectivity index (χ3n) is 5.76. The maximum atomic E-state index is 13.4.